The molecule has 1 aromatic carbocycles. The summed E-state index contributed by atoms with van der Waals surface area (Å²) in [4.78, 5) is 0.954. The number of rotatable bonds is 17. The molecule has 0 bridgehead atoms. The first-order chi connectivity index (χ1) is 12.3. The standard InChI is InChI=1S/C24H41S/c1-2-3-4-5-6-7-8-9-10-11-12-13-14-15-16-17-18-23-19-21-24(25)22-20-23/h19-22H,2-18H2,1H3. The Bertz CT molecular complexity index is 382. The fraction of sp³-hybridized carbons (Fsp3) is 0.750. The molecule has 1 aromatic rings. The van der Waals surface area contributed by atoms with Crippen molar-refractivity contribution >= 4 is 12.6 Å². The lowest BCUT2D eigenvalue weighted by Crippen LogP contribution is -1.86. The third-order valence-corrected chi connectivity index (χ3v) is 5.51. The zero-order valence-corrected chi connectivity index (χ0v) is 17.6. The molecule has 0 aliphatic rings. The quantitative estimate of drug-likeness (QED) is 0.243. The topological polar surface area (TPSA) is 0 Å². The van der Waals surface area contributed by atoms with Crippen molar-refractivity contribution in [3.8, 4) is 0 Å². The molecule has 143 valence electrons. The molecule has 0 nitrogen and oxygen atoms in total. The van der Waals surface area contributed by atoms with Gasteiger partial charge in [0.05, 0.1) is 0 Å². The zero-order chi connectivity index (χ0) is 18.0. The molecule has 0 saturated heterocycles. The van der Waals surface area contributed by atoms with E-state index in [9.17, 15) is 0 Å². The molecule has 0 N–H and O–H groups in total. The van der Waals surface area contributed by atoms with Crippen LogP contribution in [0, 0.1) is 0 Å². The van der Waals surface area contributed by atoms with Gasteiger partial charge in [0.15, 0.2) is 0 Å². The predicted octanol–water partition coefficient (Wildman–Crippen LogP) is 9.05. The van der Waals surface area contributed by atoms with E-state index < -0.39 is 0 Å². The van der Waals surface area contributed by atoms with Gasteiger partial charge in [-0.15, -0.1) is 0 Å². The second-order valence-corrected chi connectivity index (χ2v) is 8.17. The number of unbranched alkanes of at least 4 members (excludes halogenated alkanes) is 15. The minimum Gasteiger partial charge on any atom is -0.0801 e. The molecule has 0 atom stereocenters. The first kappa shape index (κ1) is 22.5. The molecule has 1 radical (unpaired) electrons. The average Bonchev–Trinajstić information content (AvgIpc) is 2.63. The van der Waals surface area contributed by atoms with Gasteiger partial charge in [-0.2, -0.15) is 0 Å². The highest BCUT2D eigenvalue weighted by Gasteiger charge is 1.96. The van der Waals surface area contributed by atoms with E-state index in [1.807, 2.05) is 0 Å². The van der Waals surface area contributed by atoms with Crippen molar-refractivity contribution in [2.24, 2.45) is 0 Å². The van der Waals surface area contributed by atoms with E-state index in [0.717, 1.165) is 4.90 Å². The van der Waals surface area contributed by atoms with Gasteiger partial charge in [0, 0.05) is 4.90 Å². The number of hydrogen-bond donors (Lipinski definition) is 0. The van der Waals surface area contributed by atoms with Gasteiger partial charge in [-0.3, -0.25) is 0 Å². The van der Waals surface area contributed by atoms with Gasteiger partial charge in [0.25, 0.3) is 0 Å². The van der Waals surface area contributed by atoms with Crippen LogP contribution in [-0.2, 0) is 6.42 Å². The van der Waals surface area contributed by atoms with E-state index in [-0.39, 0.29) is 0 Å². The Kier molecular flexibility index (Phi) is 15.2. The molecule has 0 heterocycles. The largest absolute Gasteiger partial charge is 0.0801 e. The number of aryl methyl sites for hydroxylation is 1. The summed E-state index contributed by atoms with van der Waals surface area (Å²) in [6.07, 6.45) is 24.2. The van der Waals surface area contributed by atoms with Gasteiger partial charge in [-0.25, -0.2) is 0 Å². The second kappa shape index (κ2) is 16.9. The Labute approximate surface area is 163 Å². The summed E-state index contributed by atoms with van der Waals surface area (Å²) in [6.45, 7) is 2.29. The van der Waals surface area contributed by atoms with Gasteiger partial charge < -0.3 is 0 Å². The predicted molar refractivity (Wildman–Crippen MR) is 116 cm³/mol. The van der Waals surface area contributed by atoms with Crippen LogP contribution in [0.4, 0.5) is 0 Å². The molecule has 1 heteroatoms. The van der Waals surface area contributed by atoms with Crippen molar-refractivity contribution in [1.29, 1.82) is 0 Å². The second-order valence-electron chi connectivity index (χ2n) is 7.70. The normalized spacial score (nSPS) is 11.1. The van der Waals surface area contributed by atoms with E-state index in [4.69, 9.17) is 12.6 Å². The molecule has 0 saturated carbocycles. The van der Waals surface area contributed by atoms with Crippen molar-refractivity contribution in [1.82, 2.24) is 0 Å². The van der Waals surface area contributed by atoms with Crippen LogP contribution in [-0.4, -0.2) is 0 Å². The average molecular weight is 362 g/mol. The van der Waals surface area contributed by atoms with Crippen molar-refractivity contribution in [2.75, 3.05) is 0 Å². The summed E-state index contributed by atoms with van der Waals surface area (Å²) < 4.78 is 0. The monoisotopic (exact) mass is 361 g/mol. The molecular formula is C24H41S. The van der Waals surface area contributed by atoms with Gasteiger partial charge in [-0.05, 0) is 30.5 Å². The molecule has 0 amide bonds. The summed E-state index contributed by atoms with van der Waals surface area (Å²) in [5.74, 6) is 0. The Balaban J connectivity index is 1.74. The maximum atomic E-state index is 5.13. The smallest absolute Gasteiger partial charge is 0.0377 e. The Morgan fingerprint density at radius 1 is 0.520 bits per heavy atom. The maximum absolute atomic E-state index is 5.13. The van der Waals surface area contributed by atoms with Crippen LogP contribution in [0.1, 0.15) is 115 Å². The van der Waals surface area contributed by atoms with E-state index >= 15 is 0 Å². The van der Waals surface area contributed by atoms with Crippen molar-refractivity contribution < 1.29 is 0 Å². The lowest BCUT2D eigenvalue weighted by atomic mass is 10.0. The molecule has 0 aromatic heterocycles. The van der Waals surface area contributed by atoms with Crippen molar-refractivity contribution in [2.45, 2.75) is 121 Å². The Hall–Kier alpha value is -0.560. The van der Waals surface area contributed by atoms with Gasteiger partial charge in [-0.1, -0.05) is 128 Å². The summed E-state index contributed by atoms with van der Waals surface area (Å²) >= 11 is 5.13. The fourth-order valence-electron chi connectivity index (χ4n) is 3.53. The summed E-state index contributed by atoms with van der Waals surface area (Å²) in [7, 11) is 0. The third-order valence-electron chi connectivity index (χ3n) is 5.24. The summed E-state index contributed by atoms with van der Waals surface area (Å²) in [5, 5.41) is 0. The first-order valence-electron chi connectivity index (χ1n) is 11.1. The third kappa shape index (κ3) is 14.3. The summed E-state index contributed by atoms with van der Waals surface area (Å²) in [6, 6.07) is 8.48. The molecule has 0 aliphatic heterocycles. The maximum Gasteiger partial charge on any atom is 0.0377 e. The number of benzene rings is 1. The highest BCUT2D eigenvalue weighted by Crippen LogP contribution is 2.15. The van der Waals surface area contributed by atoms with Gasteiger partial charge in [0.2, 0.25) is 0 Å². The molecule has 0 fully saturated rings. The highest BCUT2D eigenvalue weighted by molar-refractivity contribution is 7.80. The minimum atomic E-state index is 0.954. The van der Waals surface area contributed by atoms with E-state index in [1.165, 1.54) is 115 Å². The fourth-order valence-corrected chi connectivity index (χ4v) is 3.67. The van der Waals surface area contributed by atoms with Gasteiger partial charge in [0.1, 0.15) is 0 Å². The highest BCUT2D eigenvalue weighted by atomic mass is 32.1. The Morgan fingerprint density at radius 2 is 0.880 bits per heavy atom. The molecular weight excluding hydrogens is 320 g/mol. The van der Waals surface area contributed by atoms with E-state index in [2.05, 4.69) is 31.2 Å². The van der Waals surface area contributed by atoms with Crippen LogP contribution < -0.4 is 0 Å². The SMILES string of the molecule is CCCCCCCCCCCCCCCCCCc1ccc([S])cc1. The molecule has 0 aliphatic carbocycles. The van der Waals surface area contributed by atoms with Crippen molar-refractivity contribution in [3.63, 3.8) is 0 Å². The van der Waals surface area contributed by atoms with E-state index in [0.29, 0.717) is 0 Å². The zero-order valence-electron chi connectivity index (χ0n) is 16.7. The molecule has 25 heavy (non-hydrogen) atoms. The van der Waals surface area contributed by atoms with Crippen LogP contribution in [0.25, 0.3) is 0 Å². The molecule has 0 spiro atoms. The summed E-state index contributed by atoms with van der Waals surface area (Å²) in [5.41, 5.74) is 1.44. The van der Waals surface area contributed by atoms with Crippen LogP contribution in [0.3, 0.4) is 0 Å². The van der Waals surface area contributed by atoms with E-state index in [1.54, 1.807) is 0 Å². The van der Waals surface area contributed by atoms with Crippen molar-refractivity contribution in [3.05, 3.63) is 29.8 Å². The first-order valence-corrected chi connectivity index (χ1v) is 11.5. The van der Waals surface area contributed by atoms with Crippen LogP contribution in [0.15, 0.2) is 29.2 Å². The molecule has 0 unspecified atom stereocenters. The lowest BCUT2D eigenvalue weighted by molar-refractivity contribution is 0.529. The Morgan fingerprint density at radius 3 is 1.28 bits per heavy atom. The van der Waals surface area contributed by atoms with Crippen LogP contribution >= 0.6 is 12.6 Å². The van der Waals surface area contributed by atoms with Gasteiger partial charge >= 0.3 is 0 Å². The number of hydrogen-bond acceptors (Lipinski definition) is 0. The minimum absolute atomic E-state index is 0.954. The van der Waals surface area contributed by atoms with Crippen LogP contribution in [0.2, 0.25) is 0 Å². The molecule has 1 rings (SSSR count). The van der Waals surface area contributed by atoms with Crippen LogP contribution in [0.5, 0.6) is 0 Å². The lowest BCUT2D eigenvalue weighted by Gasteiger charge is -2.04.